The number of aryl methyl sites for hydroxylation is 1. The van der Waals surface area contributed by atoms with Gasteiger partial charge in [-0.15, -0.1) is 0 Å². The summed E-state index contributed by atoms with van der Waals surface area (Å²) in [5, 5.41) is 0. The Bertz CT molecular complexity index is 696. The Morgan fingerprint density at radius 2 is 1.92 bits per heavy atom. The van der Waals surface area contributed by atoms with E-state index < -0.39 is 5.60 Å². The van der Waals surface area contributed by atoms with E-state index in [1.54, 1.807) is 0 Å². The number of carbonyl (C=O) groups is 1. The molecule has 2 aliphatic carbocycles. The van der Waals surface area contributed by atoms with E-state index in [2.05, 4.69) is 25.1 Å². The van der Waals surface area contributed by atoms with E-state index in [0.717, 1.165) is 44.0 Å². The van der Waals surface area contributed by atoms with Gasteiger partial charge in [-0.25, -0.2) is 4.79 Å². The van der Waals surface area contributed by atoms with Gasteiger partial charge in [0.15, 0.2) is 0 Å². The van der Waals surface area contributed by atoms with Crippen LogP contribution in [0.3, 0.4) is 0 Å². The summed E-state index contributed by atoms with van der Waals surface area (Å²) in [5.74, 6) is 1.77. The van der Waals surface area contributed by atoms with Crippen LogP contribution in [0, 0.1) is 12.3 Å². The van der Waals surface area contributed by atoms with Crippen molar-refractivity contribution in [2.45, 2.75) is 77.4 Å². The zero-order valence-corrected chi connectivity index (χ0v) is 16.5. The average Bonchev–Trinajstić information content (AvgIpc) is 3.26. The predicted molar refractivity (Wildman–Crippen MR) is 102 cm³/mol. The smallest absolute Gasteiger partial charge is 0.410 e. The maximum Gasteiger partial charge on any atom is 0.410 e. The van der Waals surface area contributed by atoms with Crippen molar-refractivity contribution in [3.8, 4) is 5.75 Å². The molecular weight excluding hydrogens is 326 g/mol. The first-order valence-corrected chi connectivity index (χ1v) is 9.98. The quantitative estimate of drug-likeness (QED) is 0.760. The fourth-order valence-corrected chi connectivity index (χ4v) is 4.48. The zero-order chi connectivity index (χ0) is 18.5. The number of benzene rings is 1. The number of nitrogens with zero attached hydrogens (tertiary/aromatic N) is 1. The molecule has 0 radical (unpaired) electrons. The minimum atomic E-state index is -0.425. The fourth-order valence-electron chi connectivity index (χ4n) is 4.48. The molecule has 26 heavy (non-hydrogen) atoms. The summed E-state index contributed by atoms with van der Waals surface area (Å²) in [6.07, 6.45) is 5.98. The molecule has 1 heterocycles. The molecule has 1 unspecified atom stereocenters. The lowest BCUT2D eigenvalue weighted by atomic mass is 9.78. The summed E-state index contributed by atoms with van der Waals surface area (Å²) in [7, 11) is 0. The van der Waals surface area contributed by atoms with Gasteiger partial charge in [-0.1, -0.05) is 6.07 Å². The van der Waals surface area contributed by atoms with Gasteiger partial charge in [0.25, 0.3) is 0 Å². The fraction of sp³-hybridized carbons (Fsp3) is 0.682. The van der Waals surface area contributed by atoms with Crippen molar-refractivity contribution in [2.75, 3.05) is 13.1 Å². The minimum Gasteiger partial charge on any atom is -0.490 e. The normalized spacial score (nSPS) is 24.5. The summed E-state index contributed by atoms with van der Waals surface area (Å²) in [6.45, 7) is 9.56. The zero-order valence-electron chi connectivity index (χ0n) is 16.5. The van der Waals surface area contributed by atoms with E-state index in [4.69, 9.17) is 9.47 Å². The van der Waals surface area contributed by atoms with E-state index >= 15 is 0 Å². The number of hydrogen-bond acceptors (Lipinski definition) is 3. The minimum absolute atomic E-state index is 0.180. The second-order valence-electron chi connectivity index (χ2n) is 9.61. The van der Waals surface area contributed by atoms with Gasteiger partial charge in [-0.05, 0) is 89.0 Å². The SMILES string of the molecule is Cc1ccc(OC2CCC3(C2)CN(C(=O)OC(C)(C)C)C3)cc1C1CC1. The van der Waals surface area contributed by atoms with Crippen LogP contribution in [0.1, 0.15) is 69.9 Å². The maximum absolute atomic E-state index is 12.2. The van der Waals surface area contributed by atoms with Crippen molar-refractivity contribution in [1.29, 1.82) is 0 Å². The van der Waals surface area contributed by atoms with Crippen molar-refractivity contribution in [2.24, 2.45) is 5.41 Å². The van der Waals surface area contributed by atoms with Crippen molar-refractivity contribution >= 4 is 6.09 Å². The number of likely N-dealkylation sites (tertiary alicyclic amines) is 1. The Balaban J connectivity index is 1.31. The van der Waals surface area contributed by atoms with E-state index in [1.165, 1.54) is 24.0 Å². The molecule has 1 aliphatic heterocycles. The number of carbonyl (C=O) groups excluding carboxylic acids is 1. The van der Waals surface area contributed by atoms with Gasteiger partial charge in [0.05, 0.1) is 6.10 Å². The molecule has 0 N–H and O–H groups in total. The third-order valence-corrected chi connectivity index (χ3v) is 5.93. The molecule has 2 saturated carbocycles. The average molecular weight is 357 g/mol. The molecule has 0 bridgehead atoms. The number of ether oxygens (including phenoxy) is 2. The lowest BCUT2D eigenvalue weighted by Crippen LogP contribution is -2.58. The highest BCUT2D eigenvalue weighted by Gasteiger charge is 2.51. The molecular formula is C22H31NO3. The Labute approximate surface area is 156 Å². The number of rotatable bonds is 3. The van der Waals surface area contributed by atoms with Crippen LogP contribution < -0.4 is 4.74 Å². The monoisotopic (exact) mass is 357 g/mol. The second-order valence-corrected chi connectivity index (χ2v) is 9.61. The first kappa shape index (κ1) is 17.7. The van der Waals surface area contributed by atoms with Crippen LogP contribution in [0.2, 0.25) is 0 Å². The van der Waals surface area contributed by atoms with Gasteiger partial charge in [-0.3, -0.25) is 0 Å². The van der Waals surface area contributed by atoms with Crippen LogP contribution in [0.25, 0.3) is 0 Å². The molecule has 1 amide bonds. The molecule has 4 heteroatoms. The van der Waals surface area contributed by atoms with E-state index in [1.807, 2.05) is 25.7 Å². The lowest BCUT2D eigenvalue weighted by molar-refractivity contribution is -0.0350. The number of amides is 1. The Morgan fingerprint density at radius 3 is 2.58 bits per heavy atom. The van der Waals surface area contributed by atoms with Crippen LogP contribution in [0.15, 0.2) is 18.2 Å². The molecule has 0 aromatic heterocycles. The molecule has 142 valence electrons. The van der Waals surface area contributed by atoms with Crippen molar-refractivity contribution in [1.82, 2.24) is 4.90 Å². The van der Waals surface area contributed by atoms with Crippen LogP contribution in [0.4, 0.5) is 4.79 Å². The second kappa shape index (κ2) is 6.17. The van der Waals surface area contributed by atoms with Gasteiger partial charge < -0.3 is 14.4 Å². The molecule has 1 atom stereocenters. The number of hydrogen-bond donors (Lipinski definition) is 0. The maximum atomic E-state index is 12.2. The van der Waals surface area contributed by atoms with Gasteiger partial charge >= 0.3 is 6.09 Å². The van der Waals surface area contributed by atoms with Crippen molar-refractivity contribution in [3.63, 3.8) is 0 Å². The molecule has 3 fully saturated rings. The molecule has 4 nitrogen and oxygen atoms in total. The topological polar surface area (TPSA) is 38.8 Å². The third-order valence-electron chi connectivity index (χ3n) is 5.93. The van der Waals surface area contributed by atoms with Crippen LogP contribution in [0.5, 0.6) is 5.75 Å². The van der Waals surface area contributed by atoms with Crippen LogP contribution in [-0.4, -0.2) is 35.8 Å². The highest BCUT2D eigenvalue weighted by molar-refractivity contribution is 5.69. The van der Waals surface area contributed by atoms with Crippen LogP contribution in [-0.2, 0) is 4.74 Å². The summed E-state index contributed by atoms with van der Waals surface area (Å²) in [4.78, 5) is 14.0. The molecule has 1 spiro atoms. The lowest BCUT2D eigenvalue weighted by Gasteiger charge is -2.48. The Kier molecular flexibility index (Phi) is 4.20. The summed E-state index contributed by atoms with van der Waals surface area (Å²) >= 11 is 0. The molecule has 3 aliphatic rings. The van der Waals surface area contributed by atoms with E-state index in [-0.39, 0.29) is 17.6 Å². The summed E-state index contributed by atoms with van der Waals surface area (Å²) in [5.41, 5.74) is 2.67. The summed E-state index contributed by atoms with van der Waals surface area (Å²) < 4.78 is 11.8. The van der Waals surface area contributed by atoms with Gasteiger partial charge in [0.2, 0.25) is 0 Å². The molecule has 4 rings (SSSR count). The Hall–Kier alpha value is -1.71. The highest BCUT2D eigenvalue weighted by Crippen LogP contribution is 2.47. The van der Waals surface area contributed by atoms with E-state index in [9.17, 15) is 4.79 Å². The molecule has 1 saturated heterocycles. The van der Waals surface area contributed by atoms with Gasteiger partial charge in [0, 0.05) is 18.5 Å². The van der Waals surface area contributed by atoms with E-state index in [0.29, 0.717) is 0 Å². The standard InChI is InChI=1S/C22H31NO3/c1-15-5-8-17(11-19(15)16-6-7-16)25-18-9-10-22(12-18)13-23(14-22)20(24)26-21(2,3)4/h5,8,11,16,18H,6-7,9-10,12-14H2,1-4H3. The molecule has 1 aromatic carbocycles. The van der Waals surface area contributed by atoms with Crippen LogP contribution >= 0.6 is 0 Å². The molecule has 1 aromatic rings. The highest BCUT2D eigenvalue weighted by atomic mass is 16.6. The first-order chi connectivity index (χ1) is 12.2. The van der Waals surface area contributed by atoms with Crippen molar-refractivity contribution in [3.05, 3.63) is 29.3 Å². The predicted octanol–water partition coefficient (Wildman–Crippen LogP) is 5.04. The Morgan fingerprint density at radius 1 is 1.19 bits per heavy atom. The largest absolute Gasteiger partial charge is 0.490 e. The summed E-state index contributed by atoms with van der Waals surface area (Å²) in [6, 6.07) is 6.56. The van der Waals surface area contributed by atoms with Gasteiger partial charge in [-0.2, -0.15) is 0 Å². The van der Waals surface area contributed by atoms with Crippen molar-refractivity contribution < 1.29 is 14.3 Å². The first-order valence-electron chi connectivity index (χ1n) is 9.98. The van der Waals surface area contributed by atoms with Gasteiger partial charge in [0.1, 0.15) is 11.4 Å². The third kappa shape index (κ3) is 3.70.